The van der Waals surface area contributed by atoms with E-state index < -0.39 is 5.97 Å². The van der Waals surface area contributed by atoms with Crippen LogP contribution in [0.15, 0.2) is 18.2 Å². The van der Waals surface area contributed by atoms with Gasteiger partial charge in [-0.25, -0.2) is 4.79 Å². The van der Waals surface area contributed by atoms with Gasteiger partial charge in [-0.3, -0.25) is 4.79 Å². The molecule has 0 fully saturated rings. The number of carbonyl (C=O) groups excluding carboxylic acids is 2. The number of benzene rings is 1. The van der Waals surface area contributed by atoms with Crippen LogP contribution in [-0.4, -0.2) is 45.1 Å². The molecule has 25 heavy (non-hydrogen) atoms. The van der Waals surface area contributed by atoms with E-state index in [0.29, 0.717) is 22.5 Å². The molecule has 2 aromatic rings. The van der Waals surface area contributed by atoms with E-state index >= 15 is 0 Å². The standard InChI is InChI=1S/C19H25N3O3/c1-11-8-9-14(10-15(11)21(4)5)22(6)18(23)16-12(2)17(19(24)25-7)20-13(16)3/h8-10,20H,1-7H3. The van der Waals surface area contributed by atoms with Gasteiger partial charge in [0.05, 0.1) is 12.7 Å². The van der Waals surface area contributed by atoms with Crippen LogP contribution in [0.2, 0.25) is 0 Å². The largest absolute Gasteiger partial charge is 0.464 e. The van der Waals surface area contributed by atoms with Gasteiger partial charge in [-0.15, -0.1) is 0 Å². The van der Waals surface area contributed by atoms with Crippen molar-refractivity contribution in [1.82, 2.24) is 4.98 Å². The molecule has 0 saturated heterocycles. The maximum Gasteiger partial charge on any atom is 0.354 e. The summed E-state index contributed by atoms with van der Waals surface area (Å²) in [5.74, 6) is -0.650. The minimum absolute atomic E-state index is 0.171. The molecule has 0 atom stereocenters. The molecule has 134 valence electrons. The molecule has 0 bridgehead atoms. The van der Waals surface area contributed by atoms with Crippen LogP contribution in [0, 0.1) is 20.8 Å². The van der Waals surface area contributed by atoms with Crippen LogP contribution in [0.4, 0.5) is 11.4 Å². The number of amides is 1. The van der Waals surface area contributed by atoms with Crippen LogP contribution < -0.4 is 9.80 Å². The van der Waals surface area contributed by atoms with Crippen molar-refractivity contribution in [2.45, 2.75) is 20.8 Å². The Kier molecular flexibility index (Phi) is 5.21. The summed E-state index contributed by atoms with van der Waals surface area (Å²) in [6.45, 7) is 5.56. The number of aromatic amines is 1. The maximum atomic E-state index is 13.0. The van der Waals surface area contributed by atoms with Gasteiger partial charge >= 0.3 is 5.97 Å². The minimum atomic E-state index is -0.479. The van der Waals surface area contributed by atoms with Gasteiger partial charge in [0.2, 0.25) is 0 Å². The van der Waals surface area contributed by atoms with Crippen LogP contribution in [0.1, 0.15) is 37.7 Å². The predicted molar refractivity (Wildman–Crippen MR) is 99.8 cm³/mol. The van der Waals surface area contributed by atoms with Crippen LogP contribution in [-0.2, 0) is 4.74 Å². The Hall–Kier alpha value is -2.76. The first-order valence-corrected chi connectivity index (χ1v) is 8.02. The van der Waals surface area contributed by atoms with Gasteiger partial charge < -0.3 is 19.5 Å². The van der Waals surface area contributed by atoms with Crippen molar-refractivity contribution in [3.63, 3.8) is 0 Å². The van der Waals surface area contributed by atoms with Gasteiger partial charge in [0.25, 0.3) is 5.91 Å². The number of hydrogen-bond acceptors (Lipinski definition) is 4. The molecule has 6 heteroatoms. The highest BCUT2D eigenvalue weighted by Gasteiger charge is 2.25. The SMILES string of the molecule is COC(=O)c1[nH]c(C)c(C(=O)N(C)c2ccc(C)c(N(C)C)c2)c1C. The normalized spacial score (nSPS) is 10.5. The zero-order valence-electron chi connectivity index (χ0n) is 15.9. The molecule has 1 amide bonds. The van der Waals surface area contributed by atoms with Crippen LogP contribution >= 0.6 is 0 Å². The molecule has 2 rings (SSSR count). The number of esters is 1. The topological polar surface area (TPSA) is 65.6 Å². The fourth-order valence-electron chi connectivity index (χ4n) is 2.95. The molecule has 0 unspecified atom stereocenters. The Labute approximate surface area is 148 Å². The molecule has 0 radical (unpaired) electrons. The summed E-state index contributed by atoms with van der Waals surface area (Å²) in [7, 11) is 6.99. The van der Waals surface area contributed by atoms with Crippen molar-refractivity contribution in [3.8, 4) is 0 Å². The number of methoxy groups -OCH3 is 1. The lowest BCUT2D eigenvalue weighted by atomic mass is 10.1. The fourth-order valence-corrected chi connectivity index (χ4v) is 2.95. The summed E-state index contributed by atoms with van der Waals surface area (Å²) in [6, 6.07) is 5.88. The van der Waals surface area contributed by atoms with Gasteiger partial charge in [-0.1, -0.05) is 6.07 Å². The number of H-pyrrole nitrogens is 1. The van der Waals surface area contributed by atoms with Crippen LogP contribution in [0.5, 0.6) is 0 Å². The summed E-state index contributed by atoms with van der Waals surface area (Å²) < 4.78 is 4.76. The number of aromatic nitrogens is 1. The molecule has 0 aliphatic heterocycles. The van der Waals surface area contributed by atoms with Crippen molar-refractivity contribution in [2.24, 2.45) is 0 Å². The molecule has 0 saturated carbocycles. The van der Waals surface area contributed by atoms with Crippen LogP contribution in [0.25, 0.3) is 0 Å². The van der Waals surface area contributed by atoms with E-state index in [4.69, 9.17) is 4.74 Å². The summed E-state index contributed by atoms with van der Waals surface area (Å²) >= 11 is 0. The Morgan fingerprint density at radius 2 is 1.72 bits per heavy atom. The van der Waals surface area contributed by atoms with Crippen molar-refractivity contribution in [3.05, 3.63) is 46.3 Å². The van der Waals surface area contributed by atoms with E-state index in [1.54, 1.807) is 25.8 Å². The van der Waals surface area contributed by atoms with E-state index in [2.05, 4.69) is 4.98 Å². The molecule has 6 nitrogen and oxygen atoms in total. The lowest BCUT2D eigenvalue weighted by Gasteiger charge is -2.22. The second-order valence-electron chi connectivity index (χ2n) is 6.35. The lowest BCUT2D eigenvalue weighted by molar-refractivity contribution is 0.0594. The third kappa shape index (κ3) is 3.38. The monoisotopic (exact) mass is 343 g/mol. The van der Waals surface area contributed by atoms with E-state index in [1.165, 1.54) is 7.11 Å². The molecule has 1 aromatic carbocycles. The highest BCUT2D eigenvalue weighted by molar-refractivity contribution is 6.09. The third-order valence-electron chi connectivity index (χ3n) is 4.41. The number of anilines is 2. The quantitative estimate of drug-likeness (QED) is 0.867. The van der Waals surface area contributed by atoms with E-state index in [9.17, 15) is 9.59 Å². The number of rotatable bonds is 4. The van der Waals surface area contributed by atoms with Crippen molar-refractivity contribution < 1.29 is 14.3 Å². The van der Waals surface area contributed by atoms with Gasteiger partial charge in [-0.2, -0.15) is 0 Å². The van der Waals surface area contributed by atoms with Gasteiger partial charge in [0.15, 0.2) is 0 Å². The number of ether oxygens (including phenoxy) is 1. The Bertz CT molecular complexity index is 822. The summed E-state index contributed by atoms with van der Waals surface area (Å²) in [5, 5.41) is 0. The lowest BCUT2D eigenvalue weighted by Crippen LogP contribution is -2.27. The molecule has 0 spiro atoms. The van der Waals surface area contributed by atoms with Gasteiger partial charge in [0.1, 0.15) is 5.69 Å². The van der Waals surface area contributed by atoms with Crippen molar-refractivity contribution >= 4 is 23.3 Å². The van der Waals surface area contributed by atoms with Crippen LogP contribution in [0.3, 0.4) is 0 Å². The van der Waals surface area contributed by atoms with Crippen molar-refractivity contribution in [1.29, 1.82) is 0 Å². The molecular formula is C19H25N3O3. The first kappa shape index (κ1) is 18.6. The first-order chi connectivity index (χ1) is 11.7. The zero-order valence-corrected chi connectivity index (χ0v) is 15.9. The Morgan fingerprint density at radius 1 is 1.08 bits per heavy atom. The number of nitrogens with one attached hydrogen (secondary N) is 1. The molecule has 1 heterocycles. The Balaban J connectivity index is 2.43. The van der Waals surface area contributed by atoms with E-state index in [-0.39, 0.29) is 5.91 Å². The molecule has 0 aliphatic carbocycles. The number of aryl methyl sites for hydroxylation is 2. The highest BCUT2D eigenvalue weighted by atomic mass is 16.5. The smallest absolute Gasteiger partial charge is 0.354 e. The molecule has 1 aromatic heterocycles. The minimum Gasteiger partial charge on any atom is -0.464 e. The average Bonchev–Trinajstić information content (AvgIpc) is 2.87. The summed E-state index contributed by atoms with van der Waals surface area (Å²) in [5.41, 5.74) is 5.03. The first-order valence-electron chi connectivity index (χ1n) is 8.02. The third-order valence-corrected chi connectivity index (χ3v) is 4.41. The zero-order chi connectivity index (χ0) is 18.9. The number of carbonyl (C=O) groups is 2. The van der Waals surface area contributed by atoms with Gasteiger partial charge in [-0.05, 0) is 44.0 Å². The predicted octanol–water partition coefficient (Wildman–Crippen LogP) is 3.07. The van der Waals surface area contributed by atoms with Gasteiger partial charge in [0, 0.05) is 38.2 Å². The average molecular weight is 343 g/mol. The Morgan fingerprint density at radius 3 is 2.28 bits per heavy atom. The molecular weight excluding hydrogens is 318 g/mol. The summed E-state index contributed by atoms with van der Waals surface area (Å²) in [6.07, 6.45) is 0. The number of hydrogen-bond donors (Lipinski definition) is 1. The second kappa shape index (κ2) is 7.01. The van der Waals surface area contributed by atoms with E-state index in [0.717, 1.165) is 16.9 Å². The highest BCUT2D eigenvalue weighted by Crippen LogP contribution is 2.27. The van der Waals surface area contributed by atoms with Crippen molar-refractivity contribution in [2.75, 3.05) is 38.1 Å². The maximum absolute atomic E-state index is 13.0. The number of nitrogens with zero attached hydrogens (tertiary/aromatic N) is 2. The molecule has 1 N–H and O–H groups in total. The summed E-state index contributed by atoms with van der Waals surface area (Å²) in [4.78, 5) is 31.4. The fraction of sp³-hybridized carbons (Fsp3) is 0.368. The molecule has 0 aliphatic rings. The second-order valence-corrected chi connectivity index (χ2v) is 6.35. The van der Waals surface area contributed by atoms with E-state index in [1.807, 2.05) is 44.1 Å².